The molecule has 2 aromatic rings. The molecule has 2 aromatic carbocycles. The van der Waals surface area contributed by atoms with Crippen molar-refractivity contribution in [2.75, 3.05) is 25.0 Å². The van der Waals surface area contributed by atoms with Crippen LogP contribution in [0.1, 0.15) is 42.1 Å². The first-order valence-electron chi connectivity index (χ1n) is 11.1. The van der Waals surface area contributed by atoms with Gasteiger partial charge in [-0.1, -0.05) is 42.5 Å². The number of anilines is 1. The monoisotopic (exact) mass is 406 g/mol. The lowest BCUT2D eigenvalue weighted by atomic mass is 9.91. The lowest BCUT2D eigenvalue weighted by molar-refractivity contribution is -0.116. The van der Waals surface area contributed by atoms with Gasteiger partial charge in [0.2, 0.25) is 5.91 Å². The number of β-amino-alcohol motifs (C(OH)–C–C–N with tert-alkyl or cyclic N) is 1. The molecule has 5 rings (SSSR count). The Morgan fingerprint density at radius 2 is 1.80 bits per heavy atom. The highest BCUT2D eigenvalue weighted by atomic mass is 16.3. The molecule has 1 saturated carbocycles. The minimum absolute atomic E-state index is 0.0617. The average molecular weight is 407 g/mol. The van der Waals surface area contributed by atoms with Crippen molar-refractivity contribution in [1.82, 2.24) is 4.90 Å². The van der Waals surface area contributed by atoms with Gasteiger partial charge in [-0.3, -0.25) is 9.69 Å². The Hall–Kier alpha value is -2.21. The summed E-state index contributed by atoms with van der Waals surface area (Å²) in [6, 6.07) is 16.1. The first kappa shape index (κ1) is 19.7. The Kier molecular flexibility index (Phi) is 5.13. The first-order chi connectivity index (χ1) is 14.5. The number of nitrogens with zero attached hydrogens (tertiary/aromatic N) is 1. The molecule has 158 valence electrons. The summed E-state index contributed by atoms with van der Waals surface area (Å²) in [6.45, 7) is 2.51. The van der Waals surface area contributed by atoms with Crippen LogP contribution in [-0.4, -0.2) is 46.3 Å². The van der Waals surface area contributed by atoms with Gasteiger partial charge >= 0.3 is 0 Å². The normalized spacial score (nSPS) is 29.3. The van der Waals surface area contributed by atoms with Crippen molar-refractivity contribution < 1.29 is 15.0 Å². The number of hydrogen-bond acceptors (Lipinski definition) is 4. The molecule has 3 N–H and O–H groups in total. The minimum atomic E-state index is -0.593. The number of aliphatic hydroxyl groups excluding tert-OH is 1. The number of likely N-dealkylation sites (tertiary alicyclic amines) is 1. The van der Waals surface area contributed by atoms with E-state index in [4.69, 9.17) is 0 Å². The molecular formula is C25H30N2O3. The van der Waals surface area contributed by atoms with Crippen LogP contribution in [0.25, 0.3) is 0 Å². The molecule has 5 heteroatoms. The SMILES string of the molecule is O=C1CCc2cc(C(O)CN3C[C@@H]4C[C@@](O)(Cc5ccccc5)C[C@@H]4C3)ccc2N1. The van der Waals surface area contributed by atoms with Crippen LogP contribution < -0.4 is 5.32 Å². The van der Waals surface area contributed by atoms with Crippen molar-refractivity contribution in [2.24, 2.45) is 11.8 Å². The maximum absolute atomic E-state index is 11.5. The van der Waals surface area contributed by atoms with E-state index in [0.717, 1.165) is 55.6 Å². The third kappa shape index (κ3) is 4.02. The quantitative estimate of drug-likeness (QED) is 0.714. The zero-order chi connectivity index (χ0) is 20.7. The van der Waals surface area contributed by atoms with E-state index in [1.54, 1.807) is 0 Å². The fraction of sp³-hybridized carbons (Fsp3) is 0.480. The zero-order valence-electron chi connectivity index (χ0n) is 17.3. The van der Waals surface area contributed by atoms with Gasteiger partial charge in [0.05, 0.1) is 11.7 Å². The summed E-state index contributed by atoms with van der Waals surface area (Å²) in [5.74, 6) is 1.07. The Morgan fingerprint density at radius 3 is 2.53 bits per heavy atom. The topological polar surface area (TPSA) is 72.8 Å². The second kappa shape index (κ2) is 7.80. The number of carbonyl (C=O) groups excluding carboxylic acids is 1. The first-order valence-corrected chi connectivity index (χ1v) is 11.1. The van der Waals surface area contributed by atoms with Gasteiger partial charge in [-0.15, -0.1) is 0 Å². The van der Waals surface area contributed by atoms with Crippen LogP contribution in [0.3, 0.4) is 0 Å². The number of fused-ring (bicyclic) bond motifs is 2. The summed E-state index contributed by atoms with van der Waals surface area (Å²) in [7, 11) is 0. The van der Waals surface area contributed by atoms with E-state index in [2.05, 4.69) is 22.3 Å². The van der Waals surface area contributed by atoms with E-state index in [-0.39, 0.29) is 5.91 Å². The molecule has 1 saturated heterocycles. The smallest absolute Gasteiger partial charge is 0.224 e. The van der Waals surface area contributed by atoms with Crippen molar-refractivity contribution in [2.45, 2.75) is 43.8 Å². The van der Waals surface area contributed by atoms with Crippen LogP contribution in [0.15, 0.2) is 48.5 Å². The summed E-state index contributed by atoms with van der Waals surface area (Å²) in [4.78, 5) is 13.9. The molecule has 1 aliphatic carbocycles. The summed E-state index contributed by atoms with van der Waals surface area (Å²) in [5.41, 5.74) is 3.51. The molecule has 2 fully saturated rings. The molecule has 2 heterocycles. The van der Waals surface area contributed by atoms with Crippen LogP contribution in [0.5, 0.6) is 0 Å². The molecule has 0 aromatic heterocycles. The number of carbonyl (C=O) groups is 1. The Morgan fingerprint density at radius 1 is 1.07 bits per heavy atom. The second-order valence-corrected chi connectivity index (χ2v) is 9.51. The Balaban J connectivity index is 1.18. The van der Waals surface area contributed by atoms with Gasteiger partial charge in [-0.2, -0.15) is 0 Å². The van der Waals surface area contributed by atoms with Crippen molar-refractivity contribution in [3.05, 3.63) is 65.2 Å². The van der Waals surface area contributed by atoms with Crippen molar-refractivity contribution in [1.29, 1.82) is 0 Å². The van der Waals surface area contributed by atoms with Gasteiger partial charge < -0.3 is 15.5 Å². The summed E-state index contributed by atoms with van der Waals surface area (Å²) in [5, 5.41) is 24.8. The molecule has 3 aliphatic rings. The van der Waals surface area contributed by atoms with E-state index >= 15 is 0 Å². The van der Waals surface area contributed by atoms with Crippen molar-refractivity contribution in [3.63, 3.8) is 0 Å². The van der Waals surface area contributed by atoms with Crippen LogP contribution in [0, 0.1) is 11.8 Å². The Labute approximate surface area is 177 Å². The number of benzene rings is 2. The highest BCUT2D eigenvalue weighted by Gasteiger charge is 2.48. The predicted octanol–water partition coefficient (Wildman–Crippen LogP) is 2.92. The predicted molar refractivity (Wildman–Crippen MR) is 116 cm³/mol. The number of aliphatic hydroxyl groups is 2. The van der Waals surface area contributed by atoms with Gasteiger partial charge in [-0.25, -0.2) is 0 Å². The molecule has 0 bridgehead atoms. The fourth-order valence-electron chi connectivity index (χ4n) is 5.79. The fourth-order valence-corrected chi connectivity index (χ4v) is 5.79. The third-order valence-electron chi connectivity index (χ3n) is 7.15. The largest absolute Gasteiger partial charge is 0.390 e. The van der Waals surface area contributed by atoms with Gasteiger partial charge in [0.1, 0.15) is 0 Å². The molecule has 4 atom stereocenters. The molecule has 1 unspecified atom stereocenters. The van der Waals surface area contributed by atoms with E-state index in [1.807, 2.05) is 36.4 Å². The van der Waals surface area contributed by atoms with E-state index < -0.39 is 11.7 Å². The van der Waals surface area contributed by atoms with Crippen LogP contribution in [-0.2, 0) is 17.6 Å². The molecule has 0 spiro atoms. The molecule has 0 radical (unpaired) electrons. The van der Waals surface area contributed by atoms with Crippen molar-refractivity contribution >= 4 is 11.6 Å². The zero-order valence-corrected chi connectivity index (χ0v) is 17.3. The molecule has 1 amide bonds. The van der Waals surface area contributed by atoms with Gasteiger partial charge in [0.15, 0.2) is 0 Å². The Bertz CT molecular complexity index is 915. The van der Waals surface area contributed by atoms with Crippen LogP contribution in [0.4, 0.5) is 5.69 Å². The number of amides is 1. The number of nitrogens with one attached hydrogen (secondary N) is 1. The number of aryl methyl sites for hydroxylation is 1. The lowest BCUT2D eigenvalue weighted by Crippen LogP contribution is -2.33. The highest BCUT2D eigenvalue weighted by molar-refractivity contribution is 5.93. The van der Waals surface area contributed by atoms with Crippen LogP contribution >= 0.6 is 0 Å². The standard InChI is InChI=1S/C25H30N2O3/c28-23(19-6-8-22-18(10-19)7-9-24(29)26-22)16-27-14-20-12-25(30,13-21(20)15-27)11-17-4-2-1-3-5-17/h1-6,8,10,20-21,23,28,30H,7,9,11-16H2,(H,26,29)/t20-,21+,23?,25-. The van der Waals surface area contributed by atoms with Gasteiger partial charge in [-0.05, 0) is 53.9 Å². The van der Waals surface area contributed by atoms with Gasteiger partial charge in [0.25, 0.3) is 0 Å². The summed E-state index contributed by atoms with van der Waals surface area (Å²) < 4.78 is 0. The lowest BCUT2D eigenvalue weighted by Gasteiger charge is -2.27. The number of hydrogen-bond donors (Lipinski definition) is 3. The van der Waals surface area contributed by atoms with Crippen molar-refractivity contribution in [3.8, 4) is 0 Å². The maximum Gasteiger partial charge on any atom is 0.224 e. The van der Waals surface area contributed by atoms with E-state index in [9.17, 15) is 15.0 Å². The minimum Gasteiger partial charge on any atom is -0.390 e. The average Bonchev–Trinajstić information content (AvgIpc) is 3.21. The number of rotatable bonds is 5. The van der Waals surface area contributed by atoms with E-state index in [1.165, 1.54) is 5.56 Å². The van der Waals surface area contributed by atoms with E-state index in [0.29, 0.717) is 24.8 Å². The highest BCUT2D eigenvalue weighted by Crippen LogP contribution is 2.45. The molecule has 2 aliphatic heterocycles. The summed E-state index contributed by atoms with van der Waals surface area (Å²) >= 11 is 0. The summed E-state index contributed by atoms with van der Waals surface area (Å²) in [6.07, 6.45) is 3.13. The third-order valence-corrected chi connectivity index (χ3v) is 7.15. The van der Waals surface area contributed by atoms with Crippen LogP contribution in [0.2, 0.25) is 0 Å². The second-order valence-electron chi connectivity index (χ2n) is 9.51. The molecule has 30 heavy (non-hydrogen) atoms. The molecular weight excluding hydrogens is 376 g/mol. The maximum atomic E-state index is 11.5. The van der Waals surface area contributed by atoms with Gasteiger partial charge in [0, 0.05) is 38.2 Å². The molecule has 5 nitrogen and oxygen atoms in total.